The first-order valence-electron chi connectivity index (χ1n) is 5.78. The number of rotatable bonds is 3. The van der Waals surface area contributed by atoms with Crippen LogP contribution in [0.25, 0.3) is 0 Å². The molecule has 2 aliphatic carbocycles. The zero-order valence-electron chi connectivity index (χ0n) is 9.29. The fourth-order valence-electron chi connectivity index (χ4n) is 2.47. The predicted molar refractivity (Wildman–Crippen MR) is 63.9 cm³/mol. The molecule has 2 aliphatic rings. The van der Waals surface area contributed by atoms with E-state index in [-0.39, 0.29) is 5.91 Å². The van der Waals surface area contributed by atoms with Crippen LogP contribution in [0.15, 0.2) is 0 Å². The smallest absolute Gasteiger partial charge is 0.240 e. The standard InChI is InChI=1S/C11H20N2OS/c1-15-9-5-2-4-8(9)13-10(14)11(12)6-3-7-11/h8-9H,2-7,12H2,1H3,(H,13,14). The van der Waals surface area contributed by atoms with Crippen LogP contribution in [0.1, 0.15) is 38.5 Å². The molecule has 0 radical (unpaired) electrons. The quantitative estimate of drug-likeness (QED) is 0.765. The summed E-state index contributed by atoms with van der Waals surface area (Å²) in [7, 11) is 0. The van der Waals surface area contributed by atoms with Gasteiger partial charge in [-0.2, -0.15) is 11.8 Å². The lowest BCUT2D eigenvalue weighted by atomic mass is 9.77. The summed E-state index contributed by atoms with van der Waals surface area (Å²) >= 11 is 1.86. The number of carbonyl (C=O) groups is 1. The second-order valence-electron chi connectivity index (χ2n) is 4.79. The largest absolute Gasteiger partial charge is 0.351 e. The maximum atomic E-state index is 11.9. The van der Waals surface area contributed by atoms with Gasteiger partial charge < -0.3 is 11.1 Å². The fraction of sp³-hybridized carbons (Fsp3) is 0.909. The molecule has 0 saturated heterocycles. The molecule has 3 nitrogen and oxygen atoms in total. The zero-order chi connectivity index (χ0) is 10.9. The van der Waals surface area contributed by atoms with Gasteiger partial charge in [0.05, 0.1) is 5.54 Å². The normalized spacial score (nSPS) is 33.5. The first-order valence-corrected chi connectivity index (χ1v) is 7.07. The highest BCUT2D eigenvalue weighted by Gasteiger charge is 2.41. The molecule has 1 amide bonds. The van der Waals surface area contributed by atoms with Gasteiger partial charge in [0.1, 0.15) is 0 Å². The third kappa shape index (κ3) is 2.16. The summed E-state index contributed by atoms with van der Waals surface area (Å²) in [6.45, 7) is 0. The van der Waals surface area contributed by atoms with Crippen molar-refractivity contribution in [2.45, 2.75) is 55.4 Å². The van der Waals surface area contributed by atoms with Gasteiger partial charge in [0.15, 0.2) is 0 Å². The second-order valence-corrected chi connectivity index (χ2v) is 5.87. The highest BCUT2D eigenvalue weighted by Crippen LogP contribution is 2.32. The Hall–Kier alpha value is -0.220. The van der Waals surface area contributed by atoms with Crippen LogP contribution in [-0.4, -0.2) is 29.0 Å². The predicted octanol–water partition coefficient (Wildman–Crippen LogP) is 1.27. The van der Waals surface area contributed by atoms with E-state index in [0.29, 0.717) is 11.3 Å². The topological polar surface area (TPSA) is 55.1 Å². The minimum absolute atomic E-state index is 0.0831. The summed E-state index contributed by atoms with van der Waals surface area (Å²) in [4.78, 5) is 11.9. The highest BCUT2D eigenvalue weighted by molar-refractivity contribution is 7.99. The van der Waals surface area contributed by atoms with Gasteiger partial charge >= 0.3 is 0 Å². The molecule has 0 aromatic heterocycles. The average Bonchev–Trinajstić information content (AvgIpc) is 2.61. The van der Waals surface area contributed by atoms with E-state index in [1.807, 2.05) is 11.8 Å². The minimum atomic E-state index is -0.536. The number of carbonyl (C=O) groups excluding carboxylic acids is 1. The number of hydrogen-bond acceptors (Lipinski definition) is 3. The molecule has 15 heavy (non-hydrogen) atoms. The summed E-state index contributed by atoms with van der Waals surface area (Å²) in [6, 6.07) is 0.355. The van der Waals surface area contributed by atoms with Crippen molar-refractivity contribution in [3.05, 3.63) is 0 Å². The van der Waals surface area contributed by atoms with E-state index in [9.17, 15) is 4.79 Å². The first kappa shape index (κ1) is 11.3. The van der Waals surface area contributed by atoms with Crippen molar-refractivity contribution in [2.24, 2.45) is 5.73 Å². The van der Waals surface area contributed by atoms with E-state index < -0.39 is 5.54 Å². The molecule has 2 unspecified atom stereocenters. The molecule has 0 heterocycles. The van der Waals surface area contributed by atoms with Crippen molar-refractivity contribution < 1.29 is 4.79 Å². The summed E-state index contributed by atoms with van der Waals surface area (Å²) in [5.41, 5.74) is 5.46. The van der Waals surface area contributed by atoms with Gasteiger partial charge in [-0.15, -0.1) is 0 Å². The van der Waals surface area contributed by atoms with Crippen molar-refractivity contribution in [1.29, 1.82) is 0 Å². The van der Waals surface area contributed by atoms with Crippen LogP contribution in [0, 0.1) is 0 Å². The molecule has 3 N–H and O–H groups in total. The molecule has 4 heteroatoms. The molecule has 86 valence electrons. The van der Waals surface area contributed by atoms with E-state index >= 15 is 0 Å². The molecule has 0 aliphatic heterocycles. The summed E-state index contributed by atoms with van der Waals surface area (Å²) < 4.78 is 0. The van der Waals surface area contributed by atoms with Crippen molar-refractivity contribution in [2.75, 3.05) is 6.26 Å². The van der Waals surface area contributed by atoms with Gasteiger partial charge in [-0.1, -0.05) is 6.42 Å². The first-order chi connectivity index (χ1) is 7.15. The van der Waals surface area contributed by atoms with E-state index in [1.165, 1.54) is 12.8 Å². The van der Waals surface area contributed by atoms with E-state index in [2.05, 4.69) is 11.6 Å². The van der Waals surface area contributed by atoms with E-state index in [4.69, 9.17) is 5.73 Å². The van der Waals surface area contributed by atoms with Crippen LogP contribution in [0.3, 0.4) is 0 Å². The lowest BCUT2D eigenvalue weighted by Gasteiger charge is -2.37. The Bertz CT molecular complexity index is 253. The lowest BCUT2D eigenvalue weighted by molar-refractivity contribution is -0.129. The van der Waals surface area contributed by atoms with E-state index in [0.717, 1.165) is 25.7 Å². The highest BCUT2D eigenvalue weighted by atomic mass is 32.2. The number of hydrogen-bond donors (Lipinski definition) is 2. The monoisotopic (exact) mass is 228 g/mol. The van der Waals surface area contributed by atoms with Crippen LogP contribution in [-0.2, 0) is 4.79 Å². The maximum absolute atomic E-state index is 11.9. The van der Waals surface area contributed by atoms with Crippen molar-refractivity contribution in [3.63, 3.8) is 0 Å². The molecule has 2 rings (SSSR count). The molecule has 0 spiro atoms. The third-order valence-corrected chi connectivity index (χ3v) is 4.94. The zero-order valence-corrected chi connectivity index (χ0v) is 10.1. The second kappa shape index (κ2) is 4.34. The summed E-state index contributed by atoms with van der Waals surface area (Å²) in [5, 5.41) is 3.73. The van der Waals surface area contributed by atoms with Gasteiger partial charge in [-0.05, 0) is 38.4 Å². The molecule has 2 saturated carbocycles. The van der Waals surface area contributed by atoms with Crippen LogP contribution in [0.2, 0.25) is 0 Å². The average molecular weight is 228 g/mol. The Morgan fingerprint density at radius 3 is 2.67 bits per heavy atom. The number of nitrogens with two attached hydrogens (primary N) is 1. The molecule has 0 aromatic carbocycles. The van der Waals surface area contributed by atoms with Crippen LogP contribution < -0.4 is 11.1 Å². The van der Waals surface area contributed by atoms with Gasteiger partial charge in [-0.25, -0.2) is 0 Å². The Morgan fingerprint density at radius 1 is 1.40 bits per heavy atom. The fourth-order valence-corrected chi connectivity index (χ4v) is 3.41. The van der Waals surface area contributed by atoms with Crippen LogP contribution >= 0.6 is 11.8 Å². The number of thioether (sulfide) groups is 1. The van der Waals surface area contributed by atoms with Crippen LogP contribution in [0.4, 0.5) is 0 Å². The Kier molecular flexibility index (Phi) is 3.26. The molecule has 2 fully saturated rings. The van der Waals surface area contributed by atoms with Crippen molar-refractivity contribution >= 4 is 17.7 Å². The van der Waals surface area contributed by atoms with Gasteiger partial charge in [-0.3, -0.25) is 4.79 Å². The number of nitrogens with one attached hydrogen (secondary N) is 1. The summed E-state index contributed by atoms with van der Waals surface area (Å²) in [5.74, 6) is 0.0831. The van der Waals surface area contributed by atoms with E-state index in [1.54, 1.807) is 0 Å². The maximum Gasteiger partial charge on any atom is 0.240 e. The lowest BCUT2D eigenvalue weighted by Crippen LogP contribution is -2.60. The van der Waals surface area contributed by atoms with Crippen molar-refractivity contribution in [3.8, 4) is 0 Å². The molecule has 0 bridgehead atoms. The summed E-state index contributed by atoms with van der Waals surface area (Å²) in [6.07, 6.45) is 8.51. The molecule has 2 atom stereocenters. The SMILES string of the molecule is CSC1CCCC1NC(=O)C1(N)CCC1. The molecule has 0 aromatic rings. The van der Waals surface area contributed by atoms with Gasteiger partial charge in [0.25, 0.3) is 0 Å². The van der Waals surface area contributed by atoms with Gasteiger partial charge in [0, 0.05) is 11.3 Å². The molecular weight excluding hydrogens is 208 g/mol. The number of amides is 1. The Morgan fingerprint density at radius 2 is 2.13 bits per heavy atom. The minimum Gasteiger partial charge on any atom is -0.351 e. The molecular formula is C11H20N2OS. The van der Waals surface area contributed by atoms with Crippen LogP contribution in [0.5, 0.6) is 0 Å². The van der Waals surface area contributed by atoms with Gasteiger partial charge in [0.2, 0.25) is 5.91 Å². The third-order valence-electron chi connectivity index (χ3n) is 3.77. The van der Waals surface area contributed by atoms with Crippen molar-refractivity contribution in [1.82, 2.24) is 5.32 Å². The Labute approximate surface area is 95.6 Å². The Balaban J connectivity index is 1.88.